The van der Waals surface area contributed by atoms with E-state index in [1.54, 1.807) is 0 Å². The molecule has 0 aromatic heterocycles. The molecule has 0 radical (unpaired) electrons. The van der Waals surface area contributed by atoms with E-state index in [9.17, 15) is 9.59 Å². The van der Waals surface area contributed by atoms with Crippen LogP contribution in [0.1, 0.15) is 45.4 Å². The average Bonchev–Trinajstić information content (AvgIpc) is 2.21. The fourth-order valence-corrected chi connectivity index (χ4v) is 1.12. The predicted molar refractivity (Wildman–Crippen MR) is 56.7 cm³/mol. The molecule has 0 aliphatic rings. The van der Waals surface area contributed by atoms with Crippen molar-refractivity contribution in [3.8, 4) is 0 Å². The highest BCUT2D eigenvalue weighted by molar-refractivity contribution is 6.34. The van der Waals surface area contributed by atoms with Gasteiger partial charge in [-0.25, -0.2) is 5.48 Å². The Balaban J connectivity index is 3.11. The topological polar surface area (TPSA) is 81.4 Å². The number of unbranched alkanes of at least 4 members (excludes halogenated alkanes) is 5. The number of hydrogen-bond donors (Lipinski definition) is 2. The van der Waals surface area contributed by atoms with Crippen LogP contribution in [0.2, 0.25) is 0 Å². The number of primary amides is 1. The van der Waals surface area contributed by atoms with Gasteiger partial charge in [-0.3, -0.25) is 14.4 Å². The quantitative estimate of drug-likeness (QED) is 0.359. The molecule has 0 spiro atoms. The van der Waals surface area contributed by atoms with Gasteiger partial charge in [-0.15, -0.1) is 0 Å². The van der Waals surface area contributed by atoms with Crippen LogP contribution in [0, 0.1) is 0 Å². The monoisotopic (exact) mass is 216 g/mol. The molecule has 0 saturated carbocycles. The molecule has 0 aromatic rings. The van der Waals surface area contributed by atoms with Gasteiger partial charge in [0.1, 0.15) is 0 Å². The molecule has 0 unspecified atom stereocenters. The maximum absolute atomic E-state index is 10.6. The number of amides is 2. The average molecular weight is 216 g/mol. The summed E-state index contributed by atoms with van der Waals surface area (Å²) in [5, 5.41) is 0. The summed E-state index contributed by atoms with van der Waals surface area (Å²) >= 11 is 0. The van der Waals surface area contributed by atoms with Crippen molar-refractivity contribution in [2.24, 2.45) is 5.73 Å². The van der Waals surface area contributed by atoms with E-state index in [0.717, 1.165) is 12.8 Å². The van der Waals surface area contributed by atoms with Gasteiger partial charge in [0.05, 0.1) is 6.61 Å². The maximum Gasteiger partial charge on any atom is 0.332 e. The highest BCUT2D eigenvalue weighted by Crippen LogP contribution is 2.04. The highest BCUT2D eigenvalue weighted by Gasteiger charge is 2.06. The van der Waals surface area contributed by atoms with Gasteiger partial charge in [-0.05, 0) is 6.42 Å². The van der Waals surface area contributed by atoms with E-state index in [2.05, 4.69) is 6.92 Å². The lowest BCUT2D eigenvalue weighted by Gasteiger charge is -2.03. The first-order valence-corrected chi connectivity index (χ1v) is 5.40. The Kier molecular flexibility index (Phi) is 8.76. The van der Waals surface area contributed by atoms with Crippen LogP contribution in [0.4, 0.5) is 0 Å². The van der Waals surface area contributed by atoms with Crippen molar-refractivity contribution in [3.63, 3.8) is 0 Å². The summed E-state index contributed by atoms with van der Waals surface area (Å²) < 4.78 is 0. The third kappa shape index (κ3) is 9.21. The lowest BCUT2D eigenvalue weighted by Crippen LogP contribution is -2.36. The Labute approximate surface area is 90.3 Å². The number of hydrogen-bond acceptors (Lipinski definition) is 3. The molecule has 0 fully saturated rings. The molecule has 0 aromatic carbocycles. The molecule has 15 heavy (non-hydrogen) atoms. The van der Waals surface area contributed by atoms with Gasteiger partial charge in [-0.1, -0.05) is 39.0 Å². The second kappa shape index (κ2) is 9.45. The summed E-state index contributed by atoms with van der Waals surface area (Å²) in [4.78, 5) is 25.6. The number of hydroxylamine groups is 1. The molecule has 0 saturated heterocycles. The molecule has 0 atom stereocenters. The third-order valence-electron chi connectivity index (χ3n) is 1.99. The fourth-order valence-electron chi connectivity index (χ4n) is 1.12. The SMILES string of the molecule is CCCCCCCCONC(=O)C(N)=O. The van der Waals surface area contributed by atoms with Crippen LogP contribution in [-0.4, -0.2) is 18.4 Å². The molecule has 0 rings (SSSR count). The minimum atomic E-state index is -1.03. The fraction of sp³-hybridized carbons (Fsp3) is 0.800. The number of nitrogens with one attached hydrogen (secondary N) is 1. The zero-order chi connectivity index (χ0) is 11.5. The lowest BCUT2D eigenvalue weighted by atomic mass is 10.1. The Bertz CT molecular complexity index is 195. The van der Waals surface area contributed by atoms with Crippen molar-refractivity contribution in [2.45, 2.75) is 45.4 Å². The Hall–Kier alpha value is -1.10. The van der Waals surface area contributed by atoms with Crippen LogP contribution >= 0.6 is 0 Å². The maximum atomic E-state index is 10.6. The van der Waals surface area contributed by atoms with Gasteiger partial charge in [0, 0.05) is 0 Å². The molecule has 5 nitrogen and oxygen atoms in total. The Morgan fingerprint density at radius 1 is 1.13 bits per heavy atom. The van der Waals surface area contributed by atoms with E-state index in [-0.39, 0.29) is 0 Å². The van der Waals surface area contributed by atoms with Crippen molar-refractivity contribution in [3.05, 3.63) is 0 Å². The van der Waals surface area contributed by atoms with Gasteiger partial charge < -0.3 is 5.73 Å². The summed E-state index contributed by atoms with van der Waals surface area (Å²) in [7, 11) is 0. The van der Waals surface area contributed by atoms with E-state index >= 15 is 0 Å². The first kappa shape index (κ1) is 13.9. The summed E-state index contributed by atoms with van der Waals surface area (Å²) in [6.45, 7) is 2.59. The summed E-state index contributed by atoms with van der Waals surface area (Å²) in [5.74, 6) is -1.93. The van der Waals surface area contributed by atoms with Crippen molar-refractivity contribution >= 4 is 11.8 Å². The van der Waals surface area contributed by atoms with Crippen molar-refractivity contribution in [1.29, 1.82) is 0 Å². The summed E-state index contributed by atoms with van der Waals surface area (Å²) in [5.41, 5.74) is 6.67. The van der Waals surface area contributed by atoms with Gasteiger partial charge in [-0.2, -0.15) is 0 Å². The molecular formula is C10H20N2O3. The molecular weight excluding hydrogens is 196 g/mol. The van der Waals surface area contributed by atoms with Gasteiger partial charge in [0.2, 0.25) is 0 Å². The second-order valence-electron chi connectivity index (χ2n) is 3.41. The largest absolute Gasteiger partial charge is 0.361 e. The van der Waals surface area contributed by atoms with Crippen LogP contribution in [0.3, 0.4) is 0 Å². The number of rotatable bonds is 8. The van der Waals surface area contributed by atoms with E-state index in [4.69, 9.17) is 10.6 Å². The Morgan fingerprint density at radius 3 is 2.33 bits per heavy atom. The first-order chi connectivity index (χ1) is 7.18. The molecule has 0 bridgehead atoms. The van der Waals surface area contributed by atoms with E-state index < -0.39 is 11.8 Å². The Morgan fingerprint density at radius 2 is 1.73 bits per heavy atom. The minimum absolute atomic E-state index is 0.422. The molecule has 0 aliphatic carbocycles. The zero-order valence-corrected chi connectivity index (χ0v) is 9.25. The normalized spacial score (nSPS) is 9.93. The first-order valence-electron chi connectivity index (χ1n) is 5.40. The standard InChI is InChI=1S/C10H20N2O3/c1-2-3-4-5-6-7-8-15-12-10(14)9(11)13/h2-8H2,1H3,(H2,11,13)(H,12,14). The van der Waals surface area contributed by atoms with Gasteiger partial charge in [0.15, 0.2) is 0 Å². The molecule has 3 N–H and O–H groups in total. The van der Waals surface area contributed by atoms with Crippen LogP contribution in [-0.2, 0) is 14.4 Å². The lowest BCUT2D eigenvalue weighted by molar-refractivity contribution is -0.145. The van der Waals surface area contributed by atoms with Crippen molar-refractivity contribution in [1.82, 2.24) is 5.48 Å². The molecule has 5 heteroatoms. The van der Waals surface area contributed by atoms with Crippen LogP contribution in [0.25, 0.3) is 0 Å². The highest BCUT2D eigenvalue weighted by atomic mass is 16.7. The van der Waals surface area contributed by atoms with Crippen LogP contribution in [0.5, 0.6) is 0 Å². The summed E-state index contributed by atoms with van der Waals surface area (Å²) in [6.07, 6.45) is 6.87. The van der Waals surface area contributed by atoms with Gasteiger partial charge >= 0.3 is 11.8 Å². The minimum Gasteiger partial charge on any atom is -0.361 e. The third-order valence-corrected chi connectivity index (χ3v) is 1.99. The van der Waals surface area contributed by atoms with E-state index in [0.29, 0.717) is 6.61 Å². The van der Waals surface area contributed by atoms with Gasteiger partial charge in [0.25, 0.3) is 0 Å². The predicted octanol–water partition coefficient (Wildman–Crippen LogP) is 0.880. The van der Waals surface area contributed by atoms with Crippen molar-refractivity contribution in [2.75, 3.05) is 6.61 Å². The molecule has 2 amide bonds. The zero-order valence-electron chi connectivity index (χ0n) is 9.25. The number of carbonyl (C=O) groups is 2. The van der Waals surface area contributed by atoms with Crippen molar-refractivity contribution < 1.29 is 14.4 Å². The molecule has 0 aliphatic heterocycles. The molecule has 0 heterocycles. The number of nitrogens with two attached hydrogens (primary N) is 1. The van der Waals surface area contributed by atoms with Crippen LogP contribution < -0.4 is 11.2 Å². The summed E-state index contributed by atoms with van der Waals surface area (Å²) in [6, 6.07) is 0. The molecule has 88 valence electrons. The second-order valence-corrected chi connectivity index (χ2v) is 3.41. The smallest absolute Gasteiger partial charge is 0.332 e. The number of carbonyl (C=O) groups excluding carboxylic acids is 2. The van der Waals surface area contributed by atoms with E-state index in [1.165, 1.54) is 25.7 Å². The van der Waals surface area contributed by atoms with Crippen LogP contribution in [0.15, 0.2) is 0 Å². The van der Waals surface area contributed by atoms with E-state index in [1.807, 2.05) is 5.48 Å².